The Labute approximate surface area is 256 Å². The van der Waals surface area contributed by atoms with Crippen LogP contribution in [0.1, 0.15) is 133 Å². The topological polar surface area (TPSA) is 24.4 Å². The van der Waals surface area contributed by atoms with Gasteiger partial charge in [0.2, 0.25) is 0 Å². The van der Waals surface area contributed by atoms with Gasteiger partial charge >= 0.3 is 0 Å². The van der Waals surface area contributed by atoms with Gasteiger partial charge in [0.25, 0.3) is 0 Å². The molecule has 2 aromatic carbocycles. The van der Waals surface area contributed by atoms with E-state index in [0.717, 1.165) is 35.5 Å². The molecule has 8 fully saturated rings. The molecule has 8 aliphatic carbocycles. The average Bonchev–Trinajstić information content (AvgIpc) is 2.93. The minimum Gasteiger partial charge on any atom is -0.348 e. The van der Waals surface area contributed by atoms with E-state index in [1.54, 1.807) is 0 Å². The summed E-state index contributed by atoms with van der Waals surface area (Å²) in [6.45, 7) is 9.36. The highest BCUT2D eigenvalue weighted by atomic mass is 31.1. The van der Waals surface area contributed by atoms with Crippen LogP contribution < -0.4 is 5.09 Å². The van der Waals surface area contributed by atoms with Crippen molar-refractivity contribution in [2.45, 2.75) is 127 Å². The zero-order valence-corrected chi connectivity index (χ0v) is 27.5. The van der Waals surface area contributed by atoms with Crippen LogP contribution >= 0.6 is 8.07 Å². The van der Waals surface area contributed by atoms with Gasteiger partial charge in [0.1, 0.15) is 5.84 Å². The van der Waals surface area contributed by atoms with E-state index < -0.39 is 8.07 Å². The van der Waals surface area contributed by atoms with Crippen LogP contribution in [0.5, 0.6) is 0 Å². The first-order valence-corrected chi connectivity index (χ1v) is 19.0. The predicted molar refractivity (Wildman–Crippen MR) is 179 cm³/mol. The zero-order chi connectivity index (χ0) is 28.6. The standard InChI is InChI=1S/C39H53N2P/c1-25(2)34-11-8-12-35(26(3)4)36(34)40-37(33-9-6-5-7-10-33)41-42(38-19-27-13-28(20-38)15-29(14-27)21-38)39-22-30-16-31(23-39)18-32(17-30)24-39/h5-12,25-32H,13-24H2,1-4H3,(H,40,41). The molecule has 1 N–H and O–H groups in total. The molecule has 0 aliphatic heterocycles. The van der Waals surface area contributed by atoms with Gasteiger partial charge in [-0.25, -0.2) is 4.99 Å². The van der Waals surface area contributed by atoms with Gasteiger partial charge in [-0.1, -0.05) is 76.2 Å². The van der Waals surface area contributed by atoms with Gasteiger partial charge in [0.05, 0.1) is 5.69 Å². The quantitative estimate of drug-likeness (QED) is 0.197. The second kappa shape index (κ2) is 10.5. The molecule has 0 aromatic heterocycles. The van der Waals surface area contributed by atoms with Crippen molar-refractivity contribution in [3.8, 4) is 0 Å². The summed E-state index contributed by atoms with van der Waals surface area (Å²) in [5, 5.41) is 5.62. The number of nitrogens with one attached hydrogen (secondary N) is 1. The average molecular weight is 581 g/mol. The fourth-order valence-corrected chi connectivity index (χ4v) is 16.5. The molecule has 3 heteroatoms. The first-order valence-electron chi connectivity index (χ1n) is 17.6. The smallest absolute Gasteiger partial charge is 0.137 e. The van der Waals surface area contributed by atoms with E-state index in [4.69, 9.17) is 4.99 Å². The molecule has 0 amide bonds. The minimum absolute atomic E-state index is 0.399. The Balaban J connectivity index is 1.28. The molecular weight excluding hydrogens is 527 g/mol. The predicted octanol–water partition coefficient (Wildman–Crippen LogP) is 10.9. The van der Waals surface area contributed by atoms with Gasteiger partial charge in [-0.3, -0.25) is 0 Å². The van der Waals surface area contributed by atoms with Gasteiger partial charge in [0, 0.05) is 23.9 Å². The van der Waals surface area contributed by atoms with E-state index in [0.29, 0.717) is 22.1 Å². The molecule has 0 radical (unpaired) electrons. The fourth-order valence-electron chi connectivity index (χ4n) is 12.0. The highest BCUT2D eigenvalue weighted by Gasteiger charge is 2.63. The summed E-state index contributed by atoms with van der Waals surface area (Å²) in [6.07, 6.45) is 18.2. The van der Waals surface area contributed by atoms with Crippen molar-refractivity contribution < 1.29 is 0 Å². The molecule has 2 nitrogen and oxygen atoms in total. The largest absolute Gasteiger partial charge is 0.348 e. The van der Waals surface area contributed by atoms with Crippen LogP contribution in [-0.4, -0.2) is 16.1 Å². The monoisotopic (exact) mass is 580 g/mol. The first-order chi connectivity index (χ1) is 20.3. The minimum atomic E-state index is -0.399. The van der Waals surface area contributed by atoms with Crippen molar-refractivity contribution >= 4 is 19.6 Å². The number of nitrogens with zero attached hydrogens (tertiary/aromatic N) is 1. The number of aliphatic imine (C=N–C) groups is 1. The van der Waals surface area contributed by atoms with Crippen molar-refractivity contribution in [1.29, 1.82) is 0 Å². The molecule has 10 rings (SSSR count). The molecule has 0 saturated heterocycles. The summed E-state index contributed by atoms with van der Waals surface area (Å²) in [4.78, 5) is 5.79. The molecule has 0 heterocycles. The van der Waals surface area contributed by atoms with E-state index in [1.165, 1.54) is 105 Å². The van der Waals surface area contributed by atoms with Gasteiger partial charge in [0.15, 0.2) is 0 Å². The van der Waals surface area contributed by atoms with Crippen LogP contribution in [0.15, 0.2) is 53.5 Å². The van der Waals surface area contributed by atoms with Crippen molar-refractivity contribution in [1.82, 2.24) is 5.09 Å². The lowest BCUT2D eigenvalue weighted by molar-refractivity contribution is 0.0180. The van der Waals surface area contributed by atoms with Crippen molar-refractivity contribution in [2.75, 3.05) is 0 Å². The summed E-state index contributed by atoms with van der Waals surface area (Å²) >= 11 is 0. The van der Waals surface area contributed by atoms with Crippen LogP contribution in [0.2, 0.25) is 0 Å². The zero-order valence-electron chi connectivity index (χ0n) is 26.6. The first kappa shape index (κ1) is 27.9. The second-order valence-electron chi connectivity index (χ2n) is 16.7. The highest BCUT2D eigenvalue weighted by molar-refractivity contribution is 7.59. The molecule has 0 unspecified atom stereocenters. The van der Waals surface area contributed by atoms with E-state index >= 15 is 0 Å². The number of para-hydroxylation sites is 1. The number of hydrogen-bond donors (Lipinski definition) is 1. The highest BCUT2D eigenvalue weighted by Crippen LogP contribution is 2.77. The Morgan fingerprint density at radius 2 is 1.02 bits per heavy atom. The SMILES string of the molecule is CC(C)c1cccc(C(C)C)c1N=C(NP(C12CC3CC(CC(C3)C1)C2)C12CC3CC(CC(C3)C1)C2)c1ccccc1. The Morgan fingerprint density at radius 3 is 1.40 bits per heavy atom. The lowest BCUT2D eigenvalue weighted by Crippen LogP contribution is -2.59. The summed E-state index contributed by atoms with van der Waals surface area (Å²) in [7, 11) is -0.399. The second-order valence-corrected chi connectivity index (χ2v) is 19.4. The molecule has 2 aromatic rings. The molecule has 42 heavy (non-hydrogen) atoms. The normalized spacial score (nSPS) is 39.0. The third kappa shape index (κ3) is 4.73. The third-order valence-electron chi connectivity index (χ3n) is 12.8. The fraction of sp³-hybridized carbons (Fsp3) is 0.667. The Morgan fingerprint density at radius 1 is 0.619 bits per heavy atom. The number of amidine groups is 1. The van der Waals surface area contributed by atoms with Crippen LogP contribution in [0.3, 0.4) is 0 Å². The van der Waals surface area contributed by atoms with Crippen molar-refractivity contribution in [3.63, 3.8) is 0 Å². The molecule has 224 valence electrons. The van der Waals surface area contributed by atoms with Crippen LogP contribution in [0, 0.1) is 35.5 Å². The molecular formula is C39H53N2P. The Hall–Kier alpha value is -1.66. The maximum absolute atomic E-state index is 5.79. The number of hydrogen-bond acceptors (Lipinski definition) is 1. The van der Waals surface area contributed by atoms with E-state index in [-0.39, 0.29) is 0 Å². The number of benzene rings is 2. The van der Waals surface area contributed by atoms with Gasteiger partial charge in [-0.15, -0.1) is 0 Å². The van der Waals surface area contributed by atoms with Gasteiger partial charge in [-0.2, -0.15) is 0 Å². The van der Waals surface area contributed by atoms with E-state index in [2.05, 4.69) is 81.3 Å². The van der Waals surface area contributed by atoms with Crippen molar-refractivity contribution in [3.05, 3.63) is 65.2 Å². The van der Waals surface area contributed by atoms with Crippen LogP contribution in [0.4, 0.5) is 5.69 Å². The summed E-state index contributed by atoms with van der Waals surface area (Å²) in [6, 6.07) is 18.2. The Kier molecular flexibility index (Phi) is 6.94. The lowest BCUT2D eigenvalue weighted by atomic mass is 9.55. The maximum atomic E-state index is 5.79. The summed E-state index contributed by atoms with van der Waals surface area (Å²) in [5.74, 6) is 8.02. The molecule has 0 atom stereocenters. The van der Waals surface area contributed by atoms with E-state index in [9.17, 15) is 0 Å². The van der Waals surface area contributed by atoms with Gasteiger partial charge < -0.3 is 5.09 Å². The molecule has 8 saturated carbocycles. The van der Waals surface area contributed by atoms with Crippen LogP contribution in [-0.2, 0) is 0 Å². The number of rotatable bonds is 7. The Bertz CT molecular complexity index is 1200. The van der Waals surface area contributed by atoms with Gasteiger partial charge in [-0.05, 0) is 136 Å². The lowest BCUT2D eigenvalue weighted by Gasteiger charge is -2.67. The summed E-state index contributed by atoms with van der Waals surface area (Å²) < 4.78 is 0. The third-order valence-corrected chi connectivity index (χ3v) is 16.2. The summed E-state index contributed by atoms with van der Waals surface area (Å²) in [5.41, 5.74) is 5.31. The van der Waals surface area contributed by atoms with Crippen LogP contribution in [0.25, 0.3) is 0 Å². The van der Waals surface area contributed by atoms with Crippen molar-refractivity contribution in [2.24, 2.45) is 40.5 Å². The molecule has 0 spiro atoms. The molecule has 8 aliphatic rings. The molecule has 8 bridgehead atoms. The van der Waals surface area contributed by atoms with E-state index in [1.807, 2.05) is 0 Å². The maximum Gasteiger partial charge on any atom is 0.137 e.